The molecule has 4 aromatic rings. The van der Waals surface area contributed by atoms with Crippen LogP contribution in [0.5, 0.6) is 11.5 Å². The lowest BCUT2D eigenvalue weighted by atomic mass is 9.99. The van der Waals surface area contributed by atoms with Crippen LogP contribution in [0.1, 0.15) is 17.3 Å². The van der Waals surface area contributed by atoms with Crippen molar-refractivity contribution in [2.24, 2.45) is 0 Å². The van der Waals surface area contributed by atoms with Gasteiger partial charge in [-0.1, -0.05) is 18.2 Å². The van der Waals surface area contributed by atoms with E-state index in [9.17, 15) is 9.59 Å². The lowest BCUT2D eigenvalue weighted by Gasteiger charge is -2.10. The monoisotopic (exact) mass is 377 g/mol. The van der Waals surface area contributed by atoms with Crippen molar-refractivity contribution < 1.29 is 23.4 Å². The Kier molecular flexibility index (Phi) is 3.61. The fourth-order valence-corrected chi connectivity index (χ4v) is 3.47. The van der Waals surface area contributed by atoms with E-state index in [-0.39, 0.29) is 19.0 Å². The third kappa shape index (κ3) is 2.36. The predicted molar refractivity (Wildman–Crippen MR) is 102 cm³/mol. The summed E-state index contributed by atoms with van der Waals surface area (Å²) in [5, 5.41) is 0.756. The van der Waals surface area contributed by atoms with E-state index in [0.29, 0.717) is 39.3 Å². The number of pyridine rings is 1. The van der Waals surface area contributed by atoms with Crippen molar-refractivity contribution in [2.45, 2.75) is 6.92 Å². The molecule has 2 aromatic carbocycles. The van der Waals surface area contributed by atoms with Gasteiger partial charge in [0.25, 0.3) is 5.56 Å². The molecule has 0 atom stereocenters. The summed E-state index contributed by atoms with van der Waals surface area (Å²) in [5.41, 5.74) is 1.87. The van der Waals surface area contributed by atoms with E-state index in [2.05, 4.69) is 4.98 Å². The number of H-pyrrole nitrogens is 1. The zero-order chi connectivity index (χ0) is 19.3. The molecule has 0 spiro atoms. The Labute approximate surface area is 158 Å². The Hall–Kier alpha value is -3.74. The molecule has 0 unspecified atom stereocenters. The molecule has 0 fully saturated rings. The molecule has 0 amide bonds. The van der Waals surface area contributed by atoms with Gasteiger partial charge in [-0.3, -0.25) is 4.79 Å². The molecule has 5 rings (SSSR count). The number of ether oxygens (including phenoxy) is 3. The Morgan fingerprint density at radius 1 is 1.14 bits per heavy atom. The van der Waals surface area contributed by atoms with Gasteiger partial charge in [0.05, 0.1) is 12.1 Å². The van der Waals surface area contributed by atoms with Crippen LogP contribution in [-0.2, 0) is 4.74 Å². The summed E-state index contributed by atoms with van der Waals surface area (Å²) < 4.78 is 22.0. The number of para-hydroxylation sites is 1. The van der Waals surface area contributed by atoms with Crippen LogP contribution in [0.25, 0.3) is 33.2 Å². The highest BCUT2D eigenvalue weighted by molar-refractivity contribution is 6.12. The molecule has 3 heterocycles. The van der Waals surface area contributed by atoms with E-state index in [1.807, 2.05) is 18.2 Å². The van der Waals surface area contributed by atoms with Crippen molar-refractivity contribution in [3.63, 3.8) is 0 Å². The molecule has 1 N–H and O–H groups in total. The van der Waals surface area contributed by atoms with Gasteiger partial charge in [-0.2, -0.15) is 0 Å². The molecule has 2 aromatic heterocycles. The van der Waals surface area contributed by atoms with E-state index in [0.717, 1.165) is 5.39 Å². The lowest BCUT2D eigenvalue weighted by molar-refractivity contribution is 0.0525. The number of aromatic amines is 1. The third-order valence-electron chi connectivity index (χ3n) is 4.68. The second-order valence-corrected chi connectivity index (χ2v) is 6.29. The molecule has 0 saturated heterocycles. The molecule has 1 aliphatic rings. The van der Waals surface area contributed by atoms with E-state index in [1.165, 1.54) is 0 Å². The van der Waals surface area contributed by atoms with Gasteiger partial charge in [-0.05, 0) is 36.8 Å². The van der Waals surface area contributed by atoms with Crippen molar-refractivity contribution in [1.29, 1.82) is 0 Å². The molecule has 1 aliphatic heterocycles. The SMILES string of the molecule is CCOC(=O)c1c(-c2ccc3c(c2)OCO3)c2oc3ccccc3c2[nH]c1=O. The van der Waals surface area contributed by atoms with Crippen LogP contribution in [0.15, 0.2) is 51.7 Å². The third-order valence-corrected chi connectivity index (χ3v) is 4.68. The van der Waals surface area contributed by atoms with Crippen LogP contribution in [0.4, 0.5) is 0 Å². The summed E-state index contributed by atoms with van der Waals surface area (Å²) in [4.78, 5) is 28.3. The van der Waals surface area contributed by atoms with Gasteiger partial charge in [0.1, 0.15) is 11.1 Å². The zero-order valence-corrected chi connectivity index (χ0v) is 14.9. The maximum absolute atomic E-state index is 12.9. The van der Waals surface area contributed by atoms with Gasteiger partial charge >= 0.3 is 5.97 Å². The minimum absolute atomic E-state index is 0.104. The summed E-state index contributed by atoms with van der Waals surface area (Å²) >= 11 is 0. The summed E-state index contributed by atoms with van der Waals surface area (Å²) in [5.74, 6) is 0.433. The van der Waals surface area contributed by atoms with Crippen LogP contribution >= 0.6 is 0 Å². The number of aromatic nitrogens is 1. The minimum atomic E-state index is -0.709. The van der Waals surface area contributed by atoms with Gasteiger partial charge in [0.15, 0.2) is 17.1 Å². The van der Waals surface area contributed by atoms with Crippen molar-refractivity contribution >= 4 is 28.0 Å². The first-order valence-electron chi connectivity index (χ1n) is 8.82. The van der Waals surface area contributed by atoms with Crippen molar-refractivity contribution in [3.05, 3.63) is 58.4 Å². The summed E-state index contributed by atoms with van der Waals surface area (Å²) in [7, 11) is 0. The molecule has 0 aliphatic carbocycles. The Balaban J connectivity index is 1.89. The fourth-order valence-electron chi connectivity index (χ4n) is 3.47. The van der Waals surface area contributed by atoms with Crippen LogP contribution in [0.3, 0.4) is 0 Å². The number of hydrogen-bond acceptors (Lipinski definition) is 6. The van der Waals surface area contributed by atoms with E-state index in [4.69, 9.17) is 18.6 Å². The molecular formula is C21H15NO6. The average molecular weight is 377 g/mol. The number of carbonyl (C=O) groups excluding carboxylic acids is 1. The predicted octanol–water partition coefficient (Wildman–Crippen LogP) is 3.85. The van der Waals surface area contributed by atoms with Crippen LogP contribution in [-0.4, -0.2) is 24.4 Å². The molecule has 7 heteroatoms. The molecular weight excluding hydrogens is 362 g/mol. The highest BCUT2D eigenvalue weighted by Crippen LogP contribution is 2.40. The number of nitrogens with one attached hydrogen (secondary N) is 1. The number of hydrogen-bond donors (Lipinski definition) is 1. The smallest absolute Gasteiger partial charge is 0.344 e. The van der Waals surface area contributed by atoms with Gasteiger partial charge in [-0.25, -0.2) is 4.79 Å². The molecule has 7 nitrogen and oxygen atoms in total. The Morgan fingerprint density at radius 3 is 2.82 bits per heavy atom. The van der Waals surface area contributed by atoms with Crippen molar-refractivity contribution in [2.75, 3.05) is 13.4 Å². The number of carbonyl (C=O) groups is 1. The quantitative estimate of drug-likeness (QED) is 0.546. The second-order valence-electron chi connectivity index (χ2n) is 6.29. The highest BCUT2D eigenvalue weighted by Gasteiger charge is 2.26. The van der Waals surface area contributed by atoms with Gasteiger partial charge < -0.3 is 23.6 Å². The van der Waals surface area contributed by atoms with Crippen molar-refractivity contribution in [1.82, 2.24) is 4.98 Å². The molecule has 140 valence electrons. The summed E-state index contributed by atoms with van der Waals surface area (Å²) in [6.07, 6.45) is 0. The Bertz CT molecular complexity index is 1300. The minimum Gasteiger partial charge on any atom is -0.462 e. The zero-order valence-electron chi connectivity index (χ0n) is 14.9. The number of rotatable bonds is 3. The summed E-state index contributed by atoms with van der Waals surface area (Å²) in [6, 6.07) is 12.6. The van der Waals surface area contributed by atoms with Crippen LogP contribution in [0.2, 0.25) is 0 Å². The first-order valence-corrected chi connectivity index (χ1v) is 8.82. The van der Waals surface area contributed by atoms with Crippen LogP contribution < -0.4 is 15.0 Å². The molecule has 0 bridgehead atoms. The molecule has 28 heavy (non-hydrogen) atoms. The Morgan fingerprint density at radius 2 is 1.96 bits per heavy atom. The van der Waals surface area contributed by atoms with Crippen molar-refractivity contribution in [3.8, 4) is 22.6 Å². The van der Waals surface area contributed by atoms with Gasteiger partial charge in [-0.15, -0.1) is 0 Å². The van der Waals surface area contributed by atoms with E-state index in [1.54, 1.807) is 31.2 Å². The second kappa shape index (κ2) is 6.16. The van der Waals surface area contributed by atoms with Gasteiger partial charge in [0, 0.05) is 10.9 Å². The number of furan rings is 1. The number of benzene rings is 2. The first kappa shape index (κ1) is 16.4. The average Bonchev–Trinajstić information content (AvgIpc) is 3.30. The topological polar surface area (TPSA) is 90.8 Å². The van der Waals surface area contributed by atoms with E-state index >= 15 is 0 Å². The summed E-state index contributed by atoms with van der Waals surface area (Å²) in [6.45, 7) is 1.96. The standard InChI is InChI=1S/C21H15NO6/c1-2-25-21(24)17-16(11-7-8-14-15(9-11)27-10-26-14)19-18(22-20(17)23)12-5-3-4-6-13(12)28-19/h3-9H,2,10H2,1H3,(H,22,23). The number of fused-ring (bicyclic) bond motifs is 4. The fraction of sp³-hybridized carbons (Fsp3) is 0.143. The van der Waals surface area contributed by atoms with Gasteiger partial charge in [0.2, 0.25) is 6.79 Å². The normalized spacial score (nSPS) is 12.6. The largest absolute Gasteiger partial charge is 0.462 e. The molecule has 0 radical (unpaired) electrons. The maximum Gasteiger partial charge on any atom is 0.344 e. The van der Waals surface area contributed by atoms with Crippen LogP contribution in [0, 0.1) is 0 Å². The first-order chi connectivity index (χ1) is 13.7. The lowest BCUT2D eigenvalue weighted by Crippen LogP contribution is -2.21. The maximum atomic E-state index is 12.9. The number of esters is 1. The molecule has 0 saturated carbocycles. The highest BCUT2D eigenvalue weighted by atomic mass is 16.7. The van der Waals surface area contributed by atoms with E-state index < -0.39 is 11.5 Å².